The summed E-state index contributed by atoms with van der Waals surface area (Å²) in [5.74, 6) is -0.971. The van der Waals surface area contributed by atoms with Crippen molar-refractivity contribution in [1.29, 1.82) is 0 Å². The van der Waals surface area contributed by atoms with Crippen LogP contribution in [0.3, 0.4) is 0 Å². The maximum Gasteiger partial charge on any atom is 0.251 e. The Labute approximate surface area is 119 Å². The van der Waals surface area contributed by atoms with Gasteiger partial charge in [0.05, 0.1) is 10.4 Å². The van der Waals surface area contributed by atoms with Crippen LogP contribution >= 0.6 is 15.9 Å². The van der Waals surface area contributed by atoms with E-state index in [4.69, 9.17) is 5.73 Å². The third-order valence-corrected chi connectivity index (χ3v) is 4.08. The zero-order valence-corrected chi connectivity index (χ0v) is 11.8. The molecule has 0 radical (unpaired) electrons. The number of halogens is 1. The van der Waals surface area contributed by atoms with Gasteiger partial charge in [0.25, 0.3) is 5.91 Å². The Morgan fingerprint density at radius 2 is 2.11 bits per heavy atom. The molecule has 0 bridgehead atoms. The first kappa shape index (κ1) is 13.9. The number of aromatic hydroxyl groups is 1. The minimum atomic E-state index is -0.374. The molecule has 1 saturated carbocycles. The van der Waals surface area contributed by atoms with Gasteiger partial charge in [0, 0.05) is 11.6 Å². The van der Waals surface area contributed by atoms with Crippen molar-refractivity contribution in [2.24, 2.45) is 11.7 Å². The van der Waals surface area contributed by atoms with Crippen LogP contribution in [0.5, 0.6) is 5.75 Å². The summed E-state index contributed by atoms with van der Waals surface area (Å²) in [7, 11) is 0. The molecule has 0 saturated heterocycles. The molecule has 0 heterocycles. The molecule has 1 fully saturated rings. The Kier molecular flexibility index (Phi) is 4.09. The normalized spacial score (nSPS) is 22.2. The highest BCUT2D eigenvalue weighted by atomic mass is 79.9. The van der Waals surface area contributed by atoms with Gasteiger partial charge in [-0.3, -0.25) is 9.59 Å². The van der Waals surface area contributed by atoms with Crippen molar-refractivity contribution in [3.63, 3.8) is 0 Å². The summed E-state index contributed by atoms with van der Waals surface area (Å²) < 4.78 is 0.528. The summed E-state index contributed by atoms with van der Waals surface area (Å²) in [6.07, 6.45) is 2.35. The third-order valence-electron chi connectivity index (χ3n) is 3.41. The molecule has 5 nitrogen and oxygen atoms in total. The van der Waals surface area contributed by atoms with E-state index >= 15 is 0 Å². The molecule has 102 valence electrons. The van der Waals surface area contributed by atoms with Crippen molar-refractivity contribution in [2.45, 2.75) is 25.3 Å². The molecule has 19 heavy (non-hydrogen) atoms. The van der Waals surface area contributed by atoms with E-state index in [0.29, 0.717) is 16.5 Å². The minimum Gasteiger partial charge on any atom is -0.507 e. The van der Waals surface area contributed by atoms with Gasteiger partial charge in [-0.25, -0.2) is 0 Å². The SMILES string of the molecule is NC(=O)[C@@H]1CCC[C@H]1NC(=O)c1ccc(Br)c(O)c1. The van der Waals surface area contributed by atoms with Crippen LogP contribution in [0, 0.1) is 5.92 Å². The summed E-state index contributed by atoms with van der Waals surface area (Å²) in [6.45, 7) is 0. The summed E-state index contributed by atoms with van der Waals surface area (Å²) in [6, 6.07) is 4.38. The predicted octanol–water partition coefficient (Wildman–Crippen LogP) is 1.54. The highest BCUT2D eigenvalue weighted by Gasteiger charge is 2.32. The minimum absolute atomic E-state index is 0.00511. The van der Waals surface area contributed by atoms with Gasteiger partial charge in [-0.15, -0.1) is 0 Å². The Morgan fingerprint density at radius 1 is 1.37 bits per heavy atom. The van der Waals surface area contributed by atoms with Crippen molar-refractivity contribution < 1.29 is 14.7 Å². The van der Waals surface area contributed by atoms with Gasteiger partial charge in [0.15, 0.2) is 0 Å². The van der Waals surface area contributed by atoms with Crippen molar-refractivity contribution in [2.75, 3.05) is 0 Å². The number of primary amides is 1. The highest BCUT2D eigenvalue weighted by Crippen LogP contribution is 2.27. The number of benzene rings is 1. The first-order valence-electron chi connectivity index (χ1n) is 6.07. The number of hydrogen-bond acceptors (Lipinski definition) is 3. The van der Waals surface area contributed by atoms with Crippen molar-refractivity contribution in [1.82, 2.24) is 5.32 Å². The average molecular weight is 327 g/mol. The smallest absolute Gasteiger partial charge is 0.251 e. The molecular weight excluding hydrogens is 312 g/mol. The second-order valence-corrected chi connectivity index (χ2v) is 5.54. The zero-order chi connectivity index (χ0) is 14.0. The van der Waals surface area contributed by atoms with E-state index in [1.54, 1.807) is 12.1 Å². The van der Waals surface area contributed by atoms with E-state index in [1.165, 1.54) is 6.07 Å². The zero-order valence-electron chi connectivity index (χ0n) is 10.2. The van der Waals surface area contributed by atoms with Crippen molar-refractivity contribution in [3.05, 3.63) is 28.2 Å². The topological polar surface area (TPSA) is 92.4 Å². The first-order chi connectivity index (χ1) is 8.99. The van der Waals surface area contributed by atoms with Gasteiger partial charge in [0.2, 0.25) is 5.91 Å². The van der Waals surface area contributed by atoms with E-state index in [0.717, 1.165) is 12.8 Å². The number of hydrogen-bond donors (Lipinski definition) is 3. The molecule has 1 aromatic carbocycles. The lowest BCUT2D eigenvalue weighted by Gasteiger charge is -2.18. The van der Waals surface area contributed by atoms with Crippen LogP contribution in [0.2, 0.25) is 0 Å². The van der Waals surface area contributed by atoms with Gasteiger partial charge in [0.1, 0.15) is 5.75 Å². The Hall–Kier alpha value is -1.56. The number of phenols is 1. The number of nitrogens with one attached hydrogen (secondary N) is 1. The van der Waals surface area contributed by atoms with Gasteiger partial charge in [-0.1, -0.05) is 6.42 Å². The molecule has 2 amide bonds. The molecule has 0 unspecified atom stereocenters. The summed E-state index contributed by atoms with van der Waals surface area (Å²) in [4.78, 5) is 23.3. The quantitative estimate of drug-likeness (QED) is 0.786. The molecule has 1 aliphatic rings. The summed E-state index contributed by atoms with van der Waals surface area (Å²) in [5, 5.41) is 12.4. The number of phenolic OH excluding ortho intramolecular Hbond substituents is 1. The Bertz CT molecular complexity index is 519. The van der Waals surface area contributed by atoms with Crippen LogP contribution in [0.25, 0.3) is 0 Å². The molecule has 4 N–H and O–H groups in total. The third kappa shape index (κ3) is 3.07. The van der Waals surface area contributed by atoms with Crippen LogP contribution in [0.4, 0.5) is 0 Å². The number of carbonyl (C=O) groups excluding carboxylic acids is 2. The van der Waals surface area contributed by atoms with E-state index in [9.17, 15) is 14.7 Å². The fraction of sp³-hybridized carbons (Fsp3) is 0.385. The summed E-state index contributed by atoms with van der Waals surface area (Å²) in [5.41, 5.74) is 5.67. The second kappa shape index (κ2) is 5.61. The van der Waals surface area contributed by atoms with E-state index < -0.39 is 0 Å². The number of nitrogens with two attached hydrogens (primary N) is 1. The van der Waals surface area contributed by atoms with Crippen LogP contribution < -0.4 is 11.1 Å². The summed E-state index contributed by atoms with van der Waals surface area (Å²) >= 11 is 3.15. The number of carbonyl (C=O) groups is 2. The first-order valence-corrected chi connectivity index (χ1v) is 6.87. The van der Waals surface area contributed by atoms with Crippen molar-refractivity contribution >= 4 is 27.7 Å². The standard InChI is InChI=1S/C13H15BrN2O3/c14-9-5-4-7(6-11(9)17)13(19)16-10-3-1-2-8(10)12(15)18/h4-6,8,10,17H,1-3H2,(H2,15,18)(H,16,19)/t8-,10-/m1/s1. The molecule has 1 aromatic rings. The molecule has 6 heteroatoms. The van der Waals surface area contributed by atoms with Crippen LogP contribution in [-0.4, -0.2) is 23.0 Å². The van der Waals surface area contributed by atoms with Crippen LogP contribution in [0.1, 0.15) is 29.6 Å². The Morgan fingerprint density at radius 3 is 2.74 bits per heavy atom. The molecule has 0 aliphatic heterocycles. The van der Waals surface area contributed by atoms with Crippen LogP contribution in [0.15, 0.2) is 22.7 Å². The monoisotopic (exact) mass is 326 g/mol. The molecule has 1 aliphatic carbocycles. The molecular formula is C13H15BrN2O3. The lowest BCUT2D eigenvalue weighted by molar-refractivity contribution is -0.122. The number of rotatable bonds is 3. The lowest BCUT2D eigenvalue weighted by atomic mass is 10.0. The maximum absolute atomic E-state index is 12.0. The van der Waals surface area contributed by atoms with Crippen LogP contribution in [-0.2, 0) is 4.79 Å². The van der Waals surface area contributed by atoms with E-state index in [-0.39, 0.29) is 29.5 Å². The molecule has 0 aromatic heterocycles. The largest absolute Gasteiger partial charge is 0.507 e. The predicted molar refractivity (Wildman–Crippen MR) is 73.6 cm³/mol. The average Bonchev–Trinajstić information content (AvgIpc) is 2.80. The molecule has 0 spiro atoms. The number of amides is 2. The maximum atomic E-state index is 12.0. The van der Waals surface area contributed by atoms with Gasteiger partial charge in [-0.05, 0) is 47.0 Å². The molecule has 2 rings (SSSR count). The lowest BCUT2D eigenvalue weighted by Crippen LogP contribution is -2.42. The Balaban J connectivity index is 2.08. The van der Waals surface area contributed by atoms with Crippen molar-refractivity contribution in [3.8, 4) is 5.75 Å². The van der Waals surface area contributed by atoms with Gasteiger partial charge >= 0.3 is 0 Å². The fourth-order valence-electron chi connectivity index (χ4n) is 2.38. The van der Waals surface area contributed by atoms with E-state index in [2.05, 4.69) is 21.2 Å². The molecule has 2 atom stereocenters. The van der Waals surface area contributed by atoms with Gasteiger partial charge in [-0.2, -0.15) is 0 Å². The van der Waals surface area contributed by atoms with Gasteiger partial charge < -0.3 is 16.2 Å². The second-order valence-electron chi connectivity index (χ2n) is 4.69. The highest BCUT2D eigenvalue weighted by molar-refractivity contribution is 9.10. The fourth-order valence-corrected chi connectivity index (χ4v) is 2.63. The van der Waals surface area contributed by atoms with E-state index in [1.807, 2.05) is 0 Å².